The molecule has 1 unspecified atom stereocenters. The average Bonchev–Trinajstić information content (AvgIpc) is 3.17. The number of aromatic amines is 2. The van der Waals surface area contributed by atoms with Gasteiger partial charge in [-0.25, -0.2) is 4.79 Å². The molecular weight excluding hydrogens is 436 g/mol. The summed E-state index contributed by atoms with van der Waals surface area (Å²) in [5.74, 6) is -1.15. The molecule has 1 atom stereocenters. The molecule has 1 aromatic heterocycles. The van der Waals surface area contributed by atoms with E-state index in [9.17, 15) is 14.7 Å². The van der Waals surface area contributed by atoms with Gasteiger partial charge >= 0.3 is 5.97 Å². The highest BCUT2D eigenvalue weighted by Crippen LogP contribution is 2.32. The summed E-state index contributed by atoms with van der Waals surface area (Å²) in [7, 11) is 0. The highest BCUT2D eigenvalue weighted by Gasteiger charge is 2.32. The van der Waals surface area contributed by atoms with Crippen LogP contribution in [0.2, 0.25) is 0 Å². The predicted octanol–water partition coefficient (Wildman–Crippen LogP) is 4.80. The van der Waals surface area contributed by atoms with Crippen LogP contribution in [0.1, 0.15) is 27.0 Å². The molecule has 0 saturated carbocycles. The number of benzene rings is 3. The minimum atomic E-state index is -0.879. The van der Waals surface area contributed by atoms with E-state index in [-0.39, 0.29) is 5.91 Å². The second-order valence-corrected chi connectivity index (χ2v) is 8.66. The van der Waals surface area contributed by atoms with Crippen molar-refractivity contribution in [3.63, 3.8) is 0 Å². The third kappa shape index (κ3) is 4.01. The molecule has 5 rings (SSSR count). The van der Waals surface area contributed by atoms with Crippen molar-refractivity contribution < 1.29 is 14.7 Å². The number of hydrogen-bond donors (Lipinski definition) is 4. The van der Waals surface area contributed by atoms with Gasteiger partial charge in [-0.05, 0) is 66.2 Å². The fraction of sp³-hybridized carbons (Fsp3) is 0.160. The van der Waals surface area contributed by atoms with Crippen molar-refractivity contribution in [2.45, 2.75) is 25.9 Å². The van der Waals surface area contributed by atoms with Crippen molar-refractivity contribution in [3.05, 3.63) is 87.7 Å². The number of rotatable bonds is 4. The fourth-order valence-corrected chi connectivity index (χ4v) is 4.59. The van der Waals surface area contributed by atoms with E-state index >= 15 is 0 Å². The number of carboxylic acids is 1. The minimum Gasteiger partial charge on any atom is -0.480 e. The third-order valence-electron chi connectivity index (χ3n) is 6.09. The number of imidazole rings is 1. The summed E-state index contributed by atoms with van der Waals surface area (Å²) in [4.78, 5) is 33.1. The lowest BCUT2D eigenvalue weighted by Crippen LogP contribution is -2.46. The van der Waals surface area contributed by atoms with Crippen LogP contribution >= 0.6 is 12.2 Å². The quantitative estimate of drug-likeness (QED) is 0.329. The zero-order chi connectivity index (χ0) is 23.1. The van der Waals surface area contributed by atoms with E-state index in [1.807, 2.05) is 54.3 Å². The molecule has 0 saturated heterocycles. The Labute approximate surface area is 195 Å². The highest BCUT2D eigenvalue weighted by molar-refractivity contribution is 7.71. The van der Waals surface area contributed by atoms with Crippen molar-refractivity contribution in [2.24, 2.45) is 0 Å². The number of carboxylic acid groups (broad SMARTS) is 1. The summed E-state index contributed by atoms with van der Waals surface area (Å²) in [6, 6.07) is 18.0. The van der Waals surface area contributed by atoms with Crippen molar-refractivity contribution in [1.82, 2.24) is 9.97 Å². The number of aromatic nitrogens is 2. The first-order valence-corrected chi connectivity index (χ1v) is 11.0. The van der Waals surface area contributed by atoms with Crippen LogP contribution in [0.4, 0.5) is 11.4 Å². The zero-order valence-corrected chi connectivity index (χ0v) is 18.7. The molecular formula is C25H22N4O3S. The molecule has 3 aromatic carbocycles. The van der Waals surface area contributed by atoms with Crippen molar-refractivity contribution in [1.29, 1.82) is 0 Å². The number of carbonyl (C=O) groups excluding carboxylic acids is 1. The molecule has 0 radical (unpaired) electrons. The van der Waals surface area contributed by atoms with Crippen LogP contribution in [-0.4, -0.2) is 33.0 Å². The van der Waals surface area contributed by atoms with Gasteiger partial charge in [0.1, 0.15) is 6.04 Å². The van der Waals surface area contributed by atoms with E-state index in [1.54, 1.807) is 18.2 Å². The molecule has 0 fully saturated rings. The maximum Gasteiger partial charge on any atom is 0.326 e. The Bertz CT molecular complexity index is 1460. The first kappa shape index (κ1) is 21.0. The van der Waals surface area contributed by atoms with Gasteiger partial charge in [-0.3, -0.25) is 4.79 Å². The summed E-state index contributed by atoms with van der Waals surface area (Å²) >= 11 is 5.12. The van der Waals surface area contributed by atoms with Gasteiger partial charge in [0.25, 0.3) is 5.91 Å². The second kappa shape index (κ2) is 8.22. The SMILES string of the molecule is Cc1ccc(C(=O)Nc2ccc3[nH]c(=S)[nH]c3c2)cc1N1Cc2ccccc2CC1C(=O)O. The van der Waals surface area contributed by atoms with Gasteiger partial charge in [0, 0.05) is 29.9 Å². The predicted molar refractivity (Wildman–Crippen MR) is 130 cm³/mol. The number of hydrogen-bond acceptors (Lipinski definition) is 4. The lowest BCUT2D eigenvalue weighted by atomic mass is 9.92. The Balaban J connectivity index is 1.46. The highest BCUT2D eigenvalue weighted by atomic mass is 32.1. The smallest absolute Gasteiger partial charge is 0.326 e. The molecule has 0 aliphatic carbocycles. The lowest BCUT2D eigenvalue weighted by Gasteiger charge is -2.37. The molecule has 166 valence electrons. The first-order valence-electron chi connectivity index (χ1n) is 10.6. The molecule has 0 bridgehead atoms. The Morgan fingerprint density at radius 1 is 1.03 bits per heavy atom. The zero-order valence-electron chi connectivity index (χ0n) is 17.9. The number of anilines is 2. The Hall–Kier alpha value is -3.91. The van der Waals surface area contributed by atoms with Crippen LogP contribution in [0.3, 0.4) is 0 Å². The maximum atomic E-state index is 13.0. The van der Waals surface area contributed by atoms with Gasteiger partial charge in [0.05, 0.1) is 11.0 Å². The normalized spacial score (nSPS) is 15.3. The average molecular weight is 459 g/mol. The summed E-state index contributed by atoms with van der Waals surface area (Å²) in [6.07, 6.45) is 0.416. The van der Waals surface area contributed by atoms with E-state index in [0.717, 1.165) is 33.4 Å². The van der Waals surface area contributed by atoms with E-state index in [0.29, 0.717) is 29.0 Å². The van der Waals surface area contributed by atoms with Crippen LogP contribution in [0.25, 0.3) is 11.0 Å². The number of amides is 1. The monoisotopic (exact) mass is 458 g/mol. The minimum absolute atomic E-state index is 0.269. The van der Waals surface area contributed by atoms with Gasteiger partial charge in [0.15, 0.2) is 4.77 Å². The van der Waals surface area contributed by atoms with Crippen LogP contribution in [0.5, 0.6) is 0 Å². The fourth-order valence-electron chi connectivity index (χ4n) is 4.37. The standard InChI is InChI=1S/C25H22N4O3S/c1-14-6-7-16(23(30)26-18-8-9-19-20(12-18)28-25(33)27-19)11-21(14)29-13-17-5-3-2-4-15(17)10-22(29)24(31)32/h2-9,11-12,22H,10,13H2,1H3,(H,26,30)(H,31,32)(H2,27,28,33). The Morgan fingerprint density at radius 3 is 2.58 bits per heavy atom. The Morgan fingerprint density at radius 2 is 1.79 bits per heavy atom. The summed E-state index contributed by atoms with van der Waals surface area (Å²) < 4.78 is 0.521. The number of nitrogens with zero attached hydrogens (tertiary/aromatic N) is 1. The van der Waals surface area contributed by atoms with Crippen molar-refractivity contribution in [2.75, 3.05) is 10.2 Å². The van der Waals surface area contributed by atoms with E-state index in [4.69, 9.17) is 12.2 Å². The molecule has 8 heteroatoms. The summed E-state index contributed by atoms with van der Waals surface area (Å²) in [5, 5.41) is 12.8. The summed E-state index contributed by atoms with van der Waals surface area (Å²) in [5.41, 5.74) is 6.57. The Kier molecular flexibility index (Phi) is 5.22. The van der Waals surface area contributed by atoms with Gasteiger partial charge in [-0.2, -0.15) is 0 Å². The molecule has 1 amide bonds. The summed E-state index contributed by atoms with van der Waals surface area (Å²) in [6.45, 7) is 2.40. The lowest BCUT2D eigenvalue weighted by molar-refractivity contribution is -0.138. The molecule has 33 heavy (non-hydrogen) atoms. The molecule has 7 nitrogen and oxygen atoms in total. The first-order chi connectivity index (χ1) is 15.9. The topological polar surface area (TPSA) is 101 Å². The van der Waals surface area contributed by atoms with Gasteiger partial charge in [-0.1, -0.05) is 30.3 Å². The van der Waals surface area contributed by atoms with Gasteiger partial charge in [0.2, 0.25) is 0 Å². The van der Waals surface area contributed by atoms with Crippen LogP contribution in [-0.2, 0) is 17.8 Å². The number of H-pyrrole nitrogens is 2. The number of carbonyl (C=O) groups is 2. The number of nitrogens with one attached hydrogen (secondary N) is 3. The molecule has 0 spiro atoms. The molecule has 1 aliphatic heterocycles. The molecule has 1 aliphatic rings. The number of fused-ring (bicyclic) bond motifs is 2. The molecule has 2 heterocycles. The van der Waals surface area contributed by atoms with Gasteiger partial charge < -0.3 is 25.3 Å². The second-order valence-electron chi connectivity index (χ2n) is 8.25. The van der Waals surface area contributed by atoms with Crippen LogP contribution in [0.15, 0.2) is 60.7 Å². The molecule has 4 N–H and O–H groups in total. The largest absolute Gasteiger partial charge is 0.480 e. The van der Waals surface area contributed by atoms with E-state index < -0.39 is 12.0 Å². The van der Waals surface area contributed by atoms with E-state index in [2.05, 4.69) is 15.3 Å². The van der Waals surface area contributed by atoms with E-state index in [1.165, 1.54) is 0 Å². The van der Waals surface area contributed by atoms with Crippen LogP contribution in [0, 0.1) is 11.7 Å². The number of aryl methyl sites for hydroxylation is 1. The maximum absolute atomic E-state index is 13.0. The van der Waals surface area contributed by atoms with Crippen LogP contribution < -0.4 is 10.2 Å². The van der Waals surface area contributed by atoms with Crippen molar-refractivity contribution in [3.8, 4) is 0 Å². The number of aliphatic carboxylic acids is 1. The van der Waals surface area contributed by atoms with Gasteiger partial charge in [-0.15, -0.1) is 0 Å². The molecule has 4 aromatic rings. The third-order valence-corrected chi connectivity index (χ3v) is 6.29. The van der Waals surface area contributed by atoms with Crippen molar-refractivity contribution >= 4 is 46.5 Å².